The molecule has 8 nitrogen and oxygen atoms in total. The monoisotopic (exact) mass is 345 g/mol. The average Bonchev–Trinajstić information content (AvgIpc) is 3.09. The van der Waals surface area contributed by atoms with Gasteiger partial charge in [0, 0.05) is 5.56 Å². The van der Waals surface area contributed by atoms with Gasteiger partial charge in [0.25, 0.3) is 5.89 Å². The number of nitrogens with zero attached hydrogens (tertiary/aromatic N) is 3. The van der Waals surface area contributed by atoms with Crippen LogP contribution in [0.25, 0.3) is 11.4 Å². The summed E-state index contributed by atoms with van der Waals surface area (Å²) in [6.07, 6.45) is 0. The molecule has 0 amide bonds. The summed E-state index contributed by atoms with van der Waals surface area (Å²) in [4.78, 5) is 14.6. The molecule has 1 heterocycles. The summed E-state index contributed by atoms with van der Waals surface area (Å²) in [6.45, 7) is -0.151. The fourth-order valence-electron chi connectivity index (χ4n) is 2.06. The summed E-state index contributed by atoms with van der Waals surface area (Å²) in [6, 6.07) is 9.81. The van der Waals surface area contributed by atoms with Crippen LogP contribution in [0.15, 0.2) is 47.0 Å². The Morgan fingerprint density at radius 3 is 2.68 bits per heavy atom. The predicted octanol–water partition coefficient (Wildman–Crippen LogP) is 3.37. The van der Waals surface area contributed by atoms with Crippen LogP contribution in [0.2, 0.25) is 0 Å². The zero-order chi connectivity index (χ0) is 17.8. The van der Waals surface area contributed by atoms with Gasteiger partial charge in [0.1, 0.15) is 11.6 Å². The smallest absolute Gasteiger partial charge is 0.314 e. The van der Waals surface area contributed by atoms with Gasteiger partial charge in [-0.3, -0.25) is 10.1 Å². The summed E-state index contributed by atoms with van der Waals surface area (Å²) < 4.78 is 28.3. The first kappa shape index (κ1) is 16.4. The Hall–Kier alpha value is -3.49. The molecule has 0 unspecified atom stereocenters. The van der Waals surface area contributed by atoms with E-state index in [1.165, 1.54) is 43.5 Å². The van der Waals surface area contributed by atoms with E-state index in [0.717, 1.165) is 0 Å². The molecular formula is C16H12FN3O5. The van der Waals surface area contributed by atoms with Crippen LogP contribution in [-0.4, -0.2) is 22.2 Å². The third kappa shape index (κ3) is 3.71. The first-order valence-corrected chi connectivity index (χ1v) is 7.10. The quantitative estimate of drug-likeness (QED) is 0.498. The predicted molar refractivity (Wildman–Crippen MR) is 83.7 cm³/mol. The van der Waals surface area contributed by atoms with Crippen LogP contribution in [-0.2, 0) is 6.61 Å². The van der Waals surface area contributed by atoms with Gasteiger partial charge in [-0.05, 0) is 36.4 Å². The number of halogens is 1. The number of methoxy groups -OCH3 is 1. The third-order valence-corrected chi connectivity index (χ3v) is 3.28. The van der Waals surface area contributed by atoms with E-state index in [-0.39, 0.29) is 35.6 Å². The van der Waals surface area contributed by atoms with Crippen molar-refractivity contribution in [2.24, 2.45) is 0 Å². The van der Waals surface area contributed by atoms with Crippen LogP contribution in [0.3, 0.4) is 0 Å². The number of hydrogen-bond donors (Lipinski definition) is 0. The number of nitro groups is 1. The molecule has 25 heavy (non-hydrogen) atoms. The molecule has 128 valence electrons. The molecule has 3 rings (SSSR count). The van der Waals surface area contributed by atoms with Crippen molar-refractivity contribution in [1.29, 1.82) is 0 Å². The van der Waals surface area contributed by atoms with Crippen molar-refractivity contribution in [3.05, 3.63) is 64.3 Å². The highest BCUT2D eigenvalue weighted by Crippen LogP contribution is 2.31. The minimum atomic E-state index is -0.574. The molecule has 0 aliphatic heterocycles. The number of nitro benzene ring substituents is 1. The second kappa shape index (κ2) is 6.95. The second-order valence-electron chi connectivity index (χ2n) is 4.90. The SMILES string of the molecule is COc1ccc(OCc2nc(-c3ccc(F)cc3)no2)c([N+](=O)[O-])c1. The van der Waals surface area contributed by atoms with Gasteiger partial charge in [0.05, 0.1) is 18.1 Å². The van der Waals surface area contributed by atoms with E-state index in [2.05, 4.69) is 10.1 Å². The molecule has 0 bridgehead atoms. The maximum Gasteiger partial charge on any atom is 0.314 e. The molecule has 0 fully saturated rings. The van der Waals surface area contributed by atoms with E-state index in [9.17, 15) is 14.5 Å². The molecule has 0 atom stereocenters. The summed E-state index contributed by atoms with van der Waals surface area (Å²) in [5.41, 5.74) is 0.337. The topological polar surface area (TPSA) is 101 Å². The van der Waals surface area contributed by atoms with E-state index in [1.807, 2.05) is 0 Å². The highest BCUT2D eigenvalue weighted by molar-refractivity contribution is 5.54. The Bertz CT molecular complexity index is 895. The molecule has 3 aromatic rings. The Labute approximate surface area is 141 Å². The van der Waals surface area contributed by atoms with Crippen LogP contribution in [0, 0.1) is 15.9 Å². The molecule has 0 saturated carbocycles. The molecule has 0 aliphatic rings. The number of rotatable bonds is 6. The maximum atomic E-state index is 12.9. The Balaban J connectivity index is 1.74. The van der Waals surface area contributed by atoms with Crippen LogP contribution in [0.1, 0.15) is 5.89 Å². The number of hydrogen-bond acceptors (Lipinski definition) is 7. The first-order valence-electron chi connectivity index (χ1n) is 7.10. The van der Waals surface area contributed by atoms with Gasteiger partial charge in [0.2, 0.25) is 5.82 Å². The van der Waals surface area contributed by atoms with Crippen molar-refractivity contribution in [2.75, 3.05) is 7.11 Å². The zero-order valence-corrected chi connectivity index (χ0v) is 13.0. The second-order valence-corrected chi connectivity index (χ2v) is 4.90. The Kier molecular flexibility index (Phi) is 4.55. The van der Waals surface area contributed by atoms with Crippen molar-refractivity contribution >= 4 is 5.69 Å². The van der Waals surface area contributed by atoms with Crippen LogP contribution in [0.4, 0.5) is 10.1 Å². The van der Waals surface area contributed by atoms with Crippen molar-refractivity contribution in [3.8, 4) is 22.9 Å². The lowest BCUT2D eigenvalue weighted by Crippen LogP contribution is -2.00. The van der Waals surface area contributed by atoms with E-state index in [4.69, 9.17) is 14.0 Å². The van der Waals surface area contributed by atoms with E-state index >= 15 is 0 Å². The van der Waals surface area contributed by atoms with Gasteiger partial charge in [-0.25, -0.2) is 4.39 Å². The van der Waals surface area contributed by atoms with Gasteiger partial charge < -0.3 is 14.0 Å². The molecule has 0 aliphatic carbocycles. The van der Waals surface area contributed by atoms with E-state index in [0.29, 0.717) is 11.3 Å². The summed E-state index contributed by atoms with van der Waals surface area (Å²) >= 11 is 0. The fraction of sp³-hybridized carbons (Fsp3) is 0.125. The fourth-order valence-corrected chi connectivity index (χ4v) is 2.06. The molecule has 9 heteroatoms. The van der Waals surface area contributed by atoms with Gasteiger partial charge in [0.15, 0.2) is 12.4 Å². The van der Waals surface area contributed by atoms with Crippen LogP contribution >= 0.6 is 0 Å². The Morgan fingerprint density at radius 2 is 2.00 bits per heavy atom. The van der Waals surface area contributed by atoms with Crippen molar-refractivity contribution in [2.45, 2.75) is 6.61 Å². The lowest BCUT2D eigenvalue weighted by atomic mass is 10.2. The molecule has 0 radical (unpaired) electrons. The van der Waals surface area contributed by atoms with E-state index < -0.39 is 4.92 Å². The van der Waals surface area contributed by atoms with Crippen molar-refractivity contribution in [1.82, 2.24) is 10.1 Å². The molecule has 2 aromatic carbocycles. The number of benzene rings is 2. The Morgan fingerprint density at radius 1 is 1.24 bits per heavy atom. The largest absolute Gasteiger partial charge is 0.496 e. The van der Waals surface area contributed by atoms with Gasteiger partial charge in [-0.2, -0.15) is 4.98 Å². The summed E-state index contributed by atoms with van der Waals surface area (Å²) in [5.74, 6) is 0.414. The third-order valence-electron chi connectivity index (χ3n) is 3.28. The molecule has 0 N–H and O–H groups in total. The standard InChI is InChI=1S/C16H12FN3O5/c1-23-12-6-7-14(13(8-12)20(21)22)24-9-15-18-16(19-25-15)10-2-4-11(17)5-3-10/h2-8H,9H2,1H3. The highest BCUT2D eigenvalue weighted by atomic mass is 19.1. The number of aromatic nitrogens is 2. The minimum absolute atomic E-state index is 0.0485. The maximum absolute atomic E-state index is 12.9. The summed E-state index contributed by atoms with van der Waals surface area (Å²) in [5, 5.41) is 14.9. The van der Waals surface area contributed by atoms with Crippen molar-refractivity contribution < 1.29 is 23.3 Å². The molecule has 0 saturated heterocycles. The lowest BCUT2D eigenvalue weighted by Gasteiger charge is -2.05. The minimum Gasteiger partial charge on any atom is -0.496 e. The zero-order valence-electron chi connectivity index (χ0n) is 13.0. The van der Waals surface area contributed by atoms with Crippen LogP contribution < -0.4 is 9.47 Å². The molecule has 1 aromatic heterocycles. The normalized spacial score (nSPS) is 10.5. The van der Waals surface area contributed by atoms with Crippen molar-refractivity contribution in [3.63, 3.8) is 0 Å². The van der Waals surface area contributed by atoms with Gasteiger partial charge in [-0.15, -0.1) is 0 Å². The highest BCUT2D eigenvalue weighted by Gasteiger charge is 2.18. The molecule has 0 spiro atoms. The lowest BCUT2D eigenvalue weighted by molar-refractivity contribution is -0.386. The average molecular weight is 345 g/mol. The summed E-state index contributed by atoms with van der Waals surface area (Å²) in [7, 11) is 1.41. The van der Waals surface area contributed by atoms with Crippen LogP contribution in [0.5, 0.6) is 11.5 Å². The van der Waals surface area contributed by atoms with Gasteiger partial charge >= 0.3 is 5.69 Å². The molecular weight excluding hydrogens is 333 g/mol. The first-order chi connectivity index (χ1) is 12.1. The van der Waals surface area contributed by atoms with Gasteiger partial charge in [-0.1, -0.05) is 5.16 Å². The van der Waals surface area contributed by atoms with E-state index in [1.54, 1.807) is 6.07 Å². The number of ether oxygens (including phenoxy) is 2.